The van der Waals surface area contributed by atoms with E-state index >= 15 is 0 Å². The van der Waals surface area contributed by atoms with E-state index < -0.39 is 0 Å². The topological polar surface area (TPSA) is 38.3 Å². The Hall–Kier alpha value is -1.03. The van der Waals surface area contributed by atoms with Gasteiger partial charge in [-0.1, -0.05) is 12.5 Å². The van der Waals surface area contributed by atoms with Crippen LogP contribution in [0.4, 0.5) is 5.69 Å². The van der Waals surface area contributed by atoms with Crippen molar-refractivity contribution in [2.75, 3.05) is 12.4 Å². The molecule has 0 bridgehead atoms. The van der Waals surface area contributed by atoms with Gasteiger partial charge in [-0.05, 0) is 40.9 Å². The molecule has 0 saturated heterocycles. The predicted octanol–water partition coefficient (Wildman–Crippen LogP) is 3.20. The van der Waals surface area contributed by atoms with Crippen LogP contribution in [-0.4, -0.2) is 13.0 Å². The summed E-state index contributed by atoms with van der Waals surface area (Å²) in [4.78, 5) is 11.8. The quantitative estimate of drug-likeness (QED) is 0.925. The number of ether oxygens (including phenoxy) is 1. The third-order valence-electron chi connectivity index (χ3n) is 2.92. The van der Waals surface area contributed by atoms with E-state index in [2.05, 4.69) is 21.2 Å². The molecule has 4 heteroatoms. The Morgan fingerprint density at radius 2 is 2.25 bits per heavy atom. The molecule has 3 nitrogen and oxygen atoms in total. The maximum atomic E-state index is 11.8. The van der Waals surface area contributed by atoms with Crippen LogP contribution in [-0.2, 0) is 4.79 Å². The van der Waals surface area contributed by atoms with Gasteiger partial charge >= 0.3 is 0 Å². The van der Waals surface area contributed by atoms with Crippen molar-refractivity contribution in [2.24, 2.45) is 5.92 Å². The van der Waals surface area contributed by atoms with Crippen LogP contribution in [0.3, 0.4) is 0 Å². The first-order valence-electron chi connectivity index (χ1n) is 5.35. The van der Waals surface area contributed by atoms with Gasteiger partial charge in [-0.2, -0.15) is 0 Å². The lowest BCUT2D eigenvalue weighted by atomic mass is 9.85. The summed E-state index contributed by atoms with van der Waals surface area (Å²) in [6.45, 7) is 0. The second kappa shape index (κ2) is 4.87. The van der Waals surface area contributed by atoms with Gasteiger partial charge in [-0.3, -0.25) is 4.79 Å². The summed E-state index contributed by atoms with van der Waals surface area (Å²) in [7, 11) is 1.60. The lowest BCUT2D eigenvalue weighted by Crippen LogP contribution is -2.28. The highest BCUT2D eigenvalue weighted by Gasteiger charge is 2.26. The maximum Gasteiger partial charge on any atom is 0.227 e. The first-order valence-corrected chi connectivity index (χ1v) is 6.15. The van der Waals surface area contributed by atoms with Crippen LogP contribution in [0.2, 0.25) is 0 Å². The number of hydrogen-bond acceptors (Lipinski definition) is 2. The van der Waals surface area contributed by atoms with Crippen LogP contribution in [0.15, 0.2) is 22.7 Å². The molecule has 86 valence electrons. The zero-order valence-electron chi connectivity index (χ0n) is 9.13. The molecule has 1 fully saturated rings. The smallest absolute Gasteiger partial charge is 0.227 e. The molecule has 0 heterocycles. The predicted molar refractivity (Wildman–Crippen MR) is 66.7 cm³/mol. The molecule has 0 atom stereocenters. The zero-order chi connectivity index (χ0) is 11.5. The fraction of sp³-hybridized carbons (Fsp3) is 0.417. The second-order valence-corrected chi connectivity index (χ2v) is 4.79. The Bertz CT molecular complexity index is 402. The maximum absolute atomic E-state index is 11.8. The highest BCUT2D eigenvalue weighted by Crippen LogP contribution is 2.34. The summed E-state index contributed by atoms with van der Waals surface area (Å²) in [6, 6.07) is 5.60. The van der Waals surface area contributed by atoms with Crippen LogP contribution >= 0.6 is 15.9 Å². The molecular weight excluding hydrogens is 270 g/mol. The van der Waals surface area contributed by atoms with Gasteiger partial charge in [0.25, 0.3) is 0 Å². The number of halogens is 1. The second-order valence-electron chi connectivity index (χ2n) is 3.93. The van der Waals surface area contributed by atoms with Crippen LogP contribution in [0.5, 0.6) is 5.75 Å². The van der Waals surface area contributed by atoms with Gasteiger partial charge in [0.05, 0.1) is 12.8 Å². The third-order valence-corrected chi connectivity index (χ3v) is 3.58. The molecule has 1 aromatic carbocycles. The summed E-state index contributed by atoms with van der Waals surface area (Å²) in [6.07, 6.45) is 3.16. The number of anilines is 1. The molecule has 0 unspecified atom stereocenters. The molecule has 16 heavy (non-hydrogen) atoms. The Morgan fingerprint density at radius 3 is 2.81 bits per heavy atom. The fourth-order valence-electron chi connectivity index (χ4n) is 1.69. The van der Waals surface area contributed by atoms with Crippen molar-refractivity contribution in [3.63, 3.8) is 0 Å². The Kier molecular flexibility index (Phi) is 3.49. The average Bonchev–Trinajstić information content (AvgIpc) is 2.18. The first-order chi connectivity index (χ1) is 7.72. The van der Waals surface area contributed by atoms with E-state index in [-0.39, 0.29) is 11.8 Å². The van der Waals surface area contributed by atoms with Gasteiger partial charge in [0, 0.05) is 10.4 Å². The summed E-state index contributed by atoms with van der Waals surface area (Å²) in [5.74, 6) is 0.954. The molecule has 0 aromatic heterocycles. The van der Waals surface area contributed by atoms with Crippen LogP contribution in [0.1, 0.15) is 19.3 Å². The normalized spacial score (nSPS) is 15.4. The molecule has 1 N–H and O–H groups in total. The average molecular weight is 284 g/mol. The number of benzene rings is 1. The van der Waals surface area contributed by atoms with Crippen molar-refractivity contribution in [3.8, 4) is 5.75 Å². The van der Waals surface area contributed by atoms with Gasteiger partial charge in [0.15, 0.2) is 0 Å². The van der Waals surface area contributed by atoms with Gasteiger partial charge in [-0.15, -0.1) is 0 Å². The van der Waals surface area contributed by atoms with Crippen molar-refractivity contribution < 1.29 is 9.53 Å². The van der Waals surface area contributed by atoms with Crippen molar-refractivity contribution in [1.29, 1.82) is 0 Å². The summed E-state index contributed by atoms with van der Waals surface area (Å²) < 4.78 is 6.06. The monoisotopic (exact) mass is 283 g/mol. The molecule has 0 radical (unpaired) electrons. The minimum Gasteiger partial charge on any atom is -0.495 e. The number of rotatable bonds is 3. The summed E-state index contributed by atoms with van der Waals surface area (Å²) >= 11 is 3.41. The minimum absolute atomic E-state index is 0.0939. The number of hydrogen-bond donors (Lipinski definition) is 1. The van der Waals surface area contributed by atoms with E-state index in [1.807, 2.05) is 18.2 Å². The van der Waals surface area contributed by atoms with Crippen LogP contribution in [0, 0.1) is 5.92 Å². The number of para-hydroxylation sites is 1. The SMILES string of the molecule is COc1cccc(Br)c1NC(=O)C1CCC1. The van der Waals surface area contributed by atoms with E-state index in [0.717, 1.165) is 29.4 Å². The summed E-state index contributed by atoms with van der Waals surface area (Å²) in [5.41, 5.74) is 0.724. The number of amides is 1. The van der Waals surface area contributed by atoms with Gasteiger partial charge in [0.1, 0.15) is 5.75 Å². The molecule has 1 saturated carbocycles. The molecule has 0 aliphatic heterocycles. The van der Waals surface area contributed by atoms with E-state index in [9.17, 15) is 4.79 Å². The molecule has 1 aromatic rings. The van der Waals surface area contributed by atoms with Crippen molar-refractivity contribution in [2.45, 2.75) is 19.3 Å². The van der Waals surface area contributed by atoms with Gasteiger partial charge < -0.3 is 10.1 Å². The minimum atomic E-state index is 0.0939. The molecule has 1 amide bonds. The number of nitrogens with one attached hydrogen (secondary N) is 1. The Balaban J connectivity index is 2.15. The molecule has 1 aliphatic rings. The lowest BCUT2D eigenvalue weighted by molar-refractivity contribution is -0.122. The van der Waals surface area contributed by atoms with Crippen molar-refractivity contribution in [1.82, 2.24) is 0 Å². The highest BCUT2D eigenvalue weighted by molar-refractivity contribution is 9.10. The third kappa shape index (κ3) is 2.21. The number of methoxy groups -OCH3 is 1. The molecular formula is C12H14BrNO2. The summed E-state index contributed by atoms with van der Waals surface area (Å²) in [5, 5.41) is 2.92. The van der Waals surface area contributed by atoms with E-state index in [1.165, 1.54) is 0 Å². The van der Waals surface area contributed by atoms with Crippen LogP contribution < -0.4 is 10.1 Å². The molecule has 1 aliphatic carbocycles. The molecule has 0 spiro atoms. The first kappa shape index (κ1) is 11.5. The number of carbonyl (C=O) groups excluding carboxylic acids is 1. The Labute approximate surface area is 103 Å². The standard InChI is InChI=1S/C12H14BrNO2/c1-16-10-7-3-6-9(13)11(10)14-12(15)8-4-2-5-8/h3,6-8H,2,4-5H2,1H3,(H,14,15). The molecule has 2 rings (SSSR count). The van der Waals surface area contributed by atoms with E-state index in [1.54, 1.807) is 7.11 Å². The van der Waals surface area contributed by atoms with E-state index in [4.69, 9.17) is 4.74 Å². The largest absolute Gasteiger partial charge is 0.495 e. The Morgan fingerprint density at radius 1 is 1.50 bits per heavy atom. The lowest BCUT2D eigenvalue weighted by Gasteiger charge is -2.24. The fourth-order valence-corrected chi connectivity index (χ4v) is 2.14. The zero-order valence-corrected chi connectivity index (χ0v) is 10.7. The number of carbonyl (C=O) groups is 1. The van der Waals surface area contributed by atoms with Gasteiger partial charge in [-0.25, -0.2) is 0 Å². The van der Waals surface area contributed by atoms with Crippen LogP contribution in [0.25, 0.3) is 0 Å². The van der Waals surface area contributed by atoms with Crippen molar-refractivity contribution in [3.05, 3.63) is 22.7 Å². The highest BCUT2D eigenvalue weighted by atomic mass is 79.9. The van der Waals surface area contributed by atoms with E-state index in [0.29, 0.717) is 5.75 Å². The van der Waals surface area contributed by atoms with Gasteiger partial charge in [0.2, 0.25) is 5.91 Å². The van der Waals surface area contributed by atoms with Crippen molar-refractivity contribution >= 4 is 27.5 Å².